The van der Waals surface area contributed by atoms with E-state index in [4.69, 9.17) is 0 Å². The number of rotatable bonds is 5. The number of nitrogens with one attached hydrogen (secondary N) is 2. The first-order chi connectivity index (χ1) is 9.92. The molecule has 1 aromatic carbocycles. The van der Waals surface area contributed by atoms with Crippen molar-refractivity contribution < 1.29 is 0 Å². The molecule has 0 aliphatic rings. The zero-order valence-electron chi connectivity index (χ0n) is 13.2. The fraction of sp³-hybridized carbons (Fsp3) is 0.412. The van der Waals surface area contributed by atoms with E-state index in [0.29, 0.717) is 24.8 Å². The summed E-state index contributed by atoms with van der Waals surface area (Å²) in [5.41, 5.74) is 4.32. The molecule has 0 saturated carbocycles. The van der Waals surface area contributed by atoms with Gasteiger partial charge in [-0.1, -0.05) is 43.2 Å². The molecule has 2 aromatic rings. The molecular formula is C17H23N3O. The predicted octanol–water partition coefficient (Wildman–Crippen LogP) is 2.48. The molecule has 2 N–H and O–H groups in total. The van der Waals surface area contributed by atoms with Crippen molar-refractivity contribution in [3.05, 3.63) is 62.8 Å². The number of aromatic amines is 1. The topological polar surface area (TPSA) is 57.8 Å². The van der Waals surface area contributed by atoms with E-state index in [2.05, 4.69) is 61.2 Å². The maximum absolute atomic E-state index is 11.8. The molecule has 0 bridgehead atoms. The summed E-state index contributed by atoms with van der Waals surface area (Å²) >= 11 is 0. The van der Waals surface area contributed by atoms with Gasteiger partial charge in [-0.25, -0.2) is 4.98 Å². The van der Waals surface area contributed by atoms with Crippen molar-refractivity contribution in [3.8, 4) is 0 Å². The normalized spacial score (nSPS) is 11.1. The van der Waals surface area contributed by atoms with Crippen LogP contribution in [0.3, 0.4) is 0 Å². The Labute approximate surface area is 125 Å². The summed E-state index contributed by atoms with van der Waals surface area (Å²) in [7, 11) is 0. The maximum Gasteiger partial charge on any atom is 0.251 e. The van der Waals surface area contributed by atoms with Crippen molar-refractivity contribution >= 4 is 0 Å². The van der Waals surface area contributed by atoms with Gasteiger partial charge in [0.25, 0.3) is 5.56 Å². The molecular weight excluding hydrogens is 262 g/mol. The Morgan fingerprint density at radius 1 is 1.14 bits per heavy atom. The summed E-state index contributed by atoms with van der Waals surface area (Å²) in [6, 6.07) is 8.33. The Morgan fingerprint density at radius 3 is 2.43 bits per heavy atom. The predicted molar refractivity (Wildman–Crippen MR) is 85.6 cm³/mol. The van der Waals surface area contributed by atoms with Gasteiger partial charge in [-0.3, -0.25) is 4.79 Å². The summed E-state index contributed by atoms with van der Waals surface area (Å²) in [5, 5.41) is 3.28. The van der Waals surface area contributed by atoms with Crippen molar-refractivity contribution in [2.75, 3.05) is 0 Å². The Morgan fingerprint density at radius 2 is 1.81 bits per heavy atom. The highest BCUT2D eigenvalue weighted by molar-refractivity contribution is 5.30. The summed E-state index contributed by atoms with van der Waals surface area (Å²) in [6.07, 6.45) is 0.646. The summed E-state index contributed by atoms with van der Waals surface area (Å²) in [6.45, 7) is 8.92. The first-order valence-electron chi connectivity index (χ1n) is 7.32. The summed E-state index contributed by atoms with van der Waals surface area (Å²) in [4.78, 5) is 19.1. The highest BCUT2D eigenvalue weighted by Crippen LogP contribution is 2.11. The second-order valence-electron chi connectivity index (χ2n) is 5.89. The molecule has 4 nitrogen and oxygen atoms in total. The SMILES string of the molecule is Cc1cc(C)cc(Cc2nc(CNC(C)C)cc(=O)[nH]2)c1. The minimum Gasteiger partial charge on any atom is -0.310 e. The lowest BCUT2D eigenvalue weighted by Gasteiger charge is -2.09. The number of hydrogen-bond acceptors (Lipinski definition) is 3. The van der Waals surface area contributed by atoms with Crippen LogP contribution in [0.15, 0.2) is 29.1 Å². The van der Waals surface area contributed by atoms with E-state index in [1.165, 1.54) is 16.7 Å². The van der Waals surface area contributed by atoms with Crippen LogP contribution in [0.1, 0.15) is 42.1 Å². The first kappa shape index (κ1) is 15.4. The van der Waals surface area contributed by atoms with Gasteiger partial charge in [0.15, 0.2) is 0 Å². The van der Waals surface area contributed by atoms with Crippen LogP contribution in [0.4, 0.5) is 0 Å². The van der Waals surface area contributed by atoms with Gasteiger partial charge in [-0.2, -0.15) is 0 Å². The Bertz CT molecular complexity index is 654. The van der Waals surface area contributed by atoms with Crippen LogP contribution in [0.5, 0.6) is 0 Å². The summed E-state index contributed by atoms with van der Waals surface area (Å²) < 4.78 is 0. The van der Waals surface area contributed by atoms with Gasteiger partial charge in [0.1, 0.15) is 5.82 Å². The average Bonchev–Trinajstić information content (AvgIpc) is 2.34. The molecule has 0 saturated heterocycles. The van der Waals surface area contributed by atoms with Crippen LogP contribution >= 0.6 is 0 Å². The second kappa shape index (κ2) is 6.68. The fourth-order valence-electron chi connectivity index (χ4n) is 2.41. The molecule has 112 valence electrons. The van der Waals surface area contributed by atoms with E-state index < -0.39 is 0 Å². The number of H-pyrrole nitrogens is 1. The third kappa shape index (κ3) is 4.83. The zero-order valence-corrected chi connectivity index (χ0v) is 13.2. The molecule has 0 fully saturated rings. The van der Waals surface area contributed by atoms with Gasteiger partial charge < -0.3 is 10.3 Å². The number of hydrogen-bond donors (Lipinski definition) is 2. The third-order valence-corrected chi connectivity index (χ3v) is 3.19. The van der Waals surface area contributed by atoms with Crippen molar-refractivity contribution in [2.45, 2.75) is 46.7 Å². The lowest BCUT2D eigenvalue weighted by atomic mass is 10.0. The second-order valence-corrected chi connectivity index (χ2v) is 5.89. The van der Waals surface area contributed by atoms with E-state index in [-0.39, 0.29) is 5.56 Å². The monoisotopic (exact) mass is 285 g/mol. The number of benzene rings is 1. The highest BCUT2D eigenvalue weighted by Gasteiger charge is 2.05. The number of aromatic nitrogens is 2. The molecule has 2 rings (SSSR count). The van der Waals surface area contributed by atoms with Crippen LogP contribution in [-0.4, -0.2) is 16.0 Å². The van der Waals surface area contributed by atoms with Gasteiger partial charge in [0.2, 0.25) is 0 Å². The van der Waals surface area contributed by atoms with Crippen LogP contribution in [0.2, 0.25) is 0 Å². The number of nitrogens with zero attached hydrogens (tertiary/aromatic N) is 1. The maximum atomic E-state index is 11.8. The van der Waals surface area contributed by atoms with Gasteiger partial charge in [0, 0.05) is 25.1 Å². The Kier molecular flexibility index (Phi) is 4.91. The van der Waals surface area contributed by atoms with Crippen LogP contribution in [-0.2, 0) is 13.0 Å². The largest absolute Gasteiger partial charge is 0.310 e. The minimum atomic E-state index is -0.0927. The first-order valence-corrected chi connectivity index (χ1v) is 7.32. The molecule has 0 radical (unpaired) electrons. The Hall–Kier alpha value is -1.94. The fourth-order valence-corrected chi connectivity index (χ4v) is 2.41. The molecule has 1 heterocycles. The van der Waals surface area contributed by atoms with E-state index in [1.807, 2.05) is 0 Å². The van der Waals surface area contributed by atoms with Crippen molar-refractivity contribution in [1.82, 2.24) is 15.3 Å². The van der Waals surface area contributed by atoms with Crippen LogP contribution < -0.4 is 10.9 Å². The third-order valence-electron chi connectivity index (χ3n) is 3.19. The molecule has 0 spiro atoms. The molecule has 0 amide bonds. The van der Waals surface area contributed by atoms with Crippen molar-refractivity contribution in [3.63, 3.8) is 0 Å². The minimum absolute atomic E-state index is 0.0927. The molecule has 4 heteroatoms. The van der Waals surface area contributed by atoms with Crippen molar-refractivity contribution in [1.29, 1.82) is 0 Å². The lowest BCUT2D eigenvalue weighted by Crippen LogP contribution is -2.24. The molecule has 0 aliphatic heterocycles. The summed E-state index contributed by atoms with van der Waals surface area (Å²) in [5.74, 6) is 0.716. The Balaban J connectivity index is 2.21. The van der Waals surface area contributed by atoms with Gasteiger partial charge in [-0.05, 0) is 19.4 Å². The smallest absolute Gasteiger partial charge is 0.251 e. The molecule has 1 aromatic heterocycles. The average molecular weight is 285 g/mol. The van der Waals surface area contributed by atoms with Crippen LogP contribution in [0, 0.1) is 13.8 Å². The van der Waals surface area contributed by atoms with E-state index in [9.17, 15) is 4.79 Å². The molecule has 21 heavy (non-hydrogen) atoms. The van der Waals surface area contributed by atoms with Gasteiger partial charge in [0.05, 0.1) is 5.69 Å². The number of aryl methyl sites for hydroxylation is 2. The van der Waals surface area contributed by atoms with Crippen molar-refractivity contribution in [2.24, 2.45) is 0 Å². The lowest BCUT2D eigenvalue weighted by molar-refractivity contribution is 0.578. The highest BCUT2D eigenvalue weighted by atomic mass is 16.1. The quantitative estimate of drug-likeness (QED) is 0.887. The molecule has 0 aliphatic carbocycles. The standard InChI is InChI=1S/C17H23N3O/c1-11(2)18-10-15-9-17(21)20-16(19-15)8-14-6-12(3)5-13(4)7-14/h5-7,9,11,18H,8,10H2,1-4H3,(H,19,20,21). The van der Waals surface area contributed by atoms with E-state index >= 15 is 0 Å². The van der Waals surface area contributed by atoms with Gasteiger partial charge in [-0.15, -0.1) is 0 Å². The van der Waals surface area contributed by atoms with E-state index in [1.54, 1.807) is 6.07 Å². The van der Waals surface area contributed by atoms with Crippen LogP contribution in [0.25, 0.3) is 0 Å². The molecule has 0 unspecified atom stereocenters. The molecule has 0 atom stereocenters. The zero-order chi connectivity index (χ0) is 15.4. The van der Waals surface area contributed by atoms with E-state index in [0.717, 1.165) is 5.69 Å². The van der Waals surface area contributed by atoms with Gasteiger partial charge >= 0.3 is 0 Å².